The van der Waals surface area contributed by atoms with Crippen LogP contribution in [0.15, 0.2) is 47.3 Å². The van der Waals surface area contributed by atoms with Gasteiger partial charge in [0.1, 0.15) is 11.5 Å². The van der Waals surface area contributed by atoms with Gasteiger partial charge in [-0.05, 0) is 17.7 Å². The second-order valence-corrected chi connectivity index (χ2v) is 4.74. The SMILES string of the molecule is O=c1[nH]c2cc([N+](=O)[O-])ccc2nc1Cc1ccccc1F. The first-order chi connectivity index (χ1) is 10.5. The first-order valence-electron chi connectivity index (χ1n) is 6.45. The summed E-state index contributed by atoms with van der Waals surface area (Å²) < 4.78 is 13.6. The van der Waals surface area contributed by atoms with Crippen molar-refractivity contribution in [1.82, 2.24) is 9.97 Å². The van der Waals surface area contributed by atoms with E-state index in [-0.39, 0.29) is 23.3 Å². The molecule has 0 aliphatic rings. The summed E-state index contributed by atoms with van der Waals surface area (Å²) in [5.41, 5.74) is 0.587. The first kappa shape index (κ1) is 13.9. The largest absolute Gasteiger partial charge is 0.319 e. The van der Waals surface area contributed by atoms with Gasteiger partial charge in [-0.15, -0.1) is 0 Å². The van der Waals surface area contributed by atoms with Crippen molar-refractivity contribution in [2.45, 2.75) is 6.42 Å². The molecule has 0 aliphatic heterocycles. The third-order valence-electron chi connectivity index (χ3n) is 3.27. The van der Waals surface area contributed by atoms with E-state index < -0.39 is 16.3 Å². The van der Waals surface area contributed by atoms with Crippen LogP contribution in [0.1, 0.15) is 11.3 Å². The number of aromatic amines is 1. The molecule has 0 fully saturated rings. The number of benzene rings is 2. The Morgan fingerprint density at radius 3 is 2.73 bits per heavy atom. The van der Waals surface area contributed by atoms with Crippen molar-refractivity contribution in [3.05, 3.63) is 80.0 Å². The number of halogens is 1. The van der Waals surface area contributed by atoms with Gasteiger partial charge in [-0.2, -0.15) is 0 Å². The topological polar surface area (TPSA) is 88.9 Å². The molecule has 0 amide bonds. The molecule has 22 heavy (non-hydrogen) atoms. The zero-order valence-corrected chi connectivity index (χ0v) is 11.2. The third kappa shape index (κ3) is 2.56. The molecular formula is C15H10FN3O3. The van der Waals surface area contributed by atoms with E-state index >= 15 is 0 Å². The van der Waals surface area contributed by atoms with Crippen LogP contribution in [0, 0.1) is 15.9 Å². The van der Waals surface area contributed by atoms with Crippen LogP contribution >= 0.6 is 0 Å². The number of aromatic nitrogens is 2. The summed E-state index contributed by atoms with van der Waals surface area (Å²) in [6, 6.07) is 10.1. The lowest BCUT2D eigenvalue weighted by Crippen LogP contribution is -2.16. The minimum atomic E-state index is -0.551. The average Bonchev–Trinajstić information content (AvgIpc) is 2.49. The molecule has 0 bridgehead atoms. The number of H-pyrrole nitrogens is 1. The summed E-state index contributed by atoms with van der Waals surface area (Å²) in [6.45, 7) is 0. The van der Waals surface area contributed by atoms with Crippen LogP contribution in [0.4, 0.5) is 10.1 Å². The van der Waals surface area contributed by atoms with Crippen molar-refractivity contribution in [3.8, 4) is 0 Å². The van der Waals surface area contributed by atoms with Crippen LogP contribution in [0.3, 0.4) is 0 Å². The molecule has 7 heteroatoms. The normalized spacial score (nSPS) is 10.8. The molecule has 0 saturated carbocycles. The molecule has 0 saturated heterocycles. The number of nitrogens with one attached hydrogen (secondary N) is 1. The van der Waals surface area contributed by atoms with Crippen LogP contribution in [-0.2, 0) is 6.42 Å². The molecule has 1 heterocycles. The van der Waals surface area contributed by atoms with E-state index in [1.165, 1.54) is 24.3 Å². The summed E-state index contributed by atoms with van der Waals surface area (Å²) in [5, 5.41) is 10.7. The van der Waals surface area contributed by atoms with Crippen LogP contribution in [-0.4, -0.2) is 14.9 Å². The van der Waals surface area contributed by atoms with E-state index in [9.17, 15) is 19.3 Å². The zero-order valence-electron chi connectivity index (χ0n) is 11.2. The number of fused-ring (bicyclic) bond motifs is 1. The van der Waals surface area contributed by atoms with Crippen molar-refractivity contribution in [2.75, 3.05) is 0 Å². The van der Waals surface area contributed by atoms with Gasteiger partial charge in [-0.3, -0.25) is 14.9 Å². The van der Waals surface area contributed by atoms with Gasteiger partial charge in [0, 0.05) is 18.6 Å². The molecule has 1 N–H and O–H groups in total. The Morgan fingerprint density at radius 1 is 1.23 bits per heavy atom. The second kappa shape index (κ2) is 5.36. The summed E-state index contributed by atoms with van der Waals surface area (Å²) in [4.78, 5) is 28.9. The number of nitro groups is 1. The highest BCUT2D eigenvalue weighted by Gasteiger charge is 2.11. The Morgan fingerprint density at radius 2 is 2.00 bits per heavy atom. The molecule has 0 spiro atoms. The van der Waals surface area contributed by atoms with Gasteiger partial charge >= 0.3 is 0 Å². The summed E-state index contributed by atoms with van der Waals surface area (Å²) in [6.07, 6.45) is 0.0505. The van der Waals surface area contributed by atoms with Crippen LogP contribution < -0.4 is 5.56 Å². The molecule has 0 unspecified atom stereocenters. The lowest BCUT2D eigenvalue weighted by Gasteiger charge is -2.04. The Bertz CT molecular complexity index is 937. The van der Waals surface area contributed by atoms with E-state index in [1.54, 1.807) is 18.2 Å². The van der Waals surface area contributed by atoms with Gasteiger partial charge in [0.15, 0.2) is 0 Å². The predicted octanol–water partition coefficient (Wildman–Crippen LogP) is 2.56. The first-order valence-corrected chi connectivity index (χ1v) is 6.45. The molecule has 0 atom stereocenters. The maximum absolute atomic E-state index is 13.6. The fourth-order valence-corrected chi connectivity index (χ4v) is 2.17. The van der Waals surface area contributed by atoms with E-state index in [4.69, 9.17) is 0 Å². The molecule has 6 nitrogen and oxygen atoms in total. The van der Waals surface area contributed by atoms with Gasteiger partial charge in [0.25, 0.3) is 11.2 Å². The number of non-ortho nitro benzene ring substituents is 1. The Hall–Kier alpha value is -3.09. The summed E-state index contributed by atoms with van der Waals surface area (Å²) in [7, 11) is 0. The molecule has 3 aromatic rings. The van der Waals surface area contributed by atoms with Crippen molar-refractivity contribution >= 4 is 16.7 Å². The van der Waals surface area contributed by atoms with Crippen molar-refractivity contribution < 1.29 is 9.31 Å². The van der Waals surface area contributed by atoms with Gasteiger partial charge in [-0.25, -0.2) is 9.37 Å². The Balaban J connectivity index is 2.07. The van der Waals surface area contributed by atoms with Crippen molar-refractivity contribution in [3.63, 3.8) is 0 Å². The van der Waals surface area contributed by atoms with Gasteiger partial charge in [-0.1, -0.05) is 18.2 Å². The molecule has 1 aromatic heterocycles. The lowest BCUT2D eigenvalue weighted by molar-refractivity contribution is -0.384. The molecule has 110 valence electrons. The Kier molecular flexibility index (Phi) is 3.38. The minimum absolute atomic E-state index is 0.0505. The highest BCUT2D eigenvalue weighted by molar-refractivity contribution is 5.76. The number of hydrogen-bond donors (Lipinski definition) is 1. The second-order valence-electron chi connectivity index (χ2n) is 4.74. The fraction of sp³-hybridized carbons (Fsp3) is 0.0667. The van der Waals surface area contributed by atoms with E-state index in [0.717, 1.165) is 0 Å². The monoisotopic (exact) mass is 299 g/mol. The van der Waals surface area contributed by atoms with Crippen LogP contribution in [0.5, 0.6) is 0 Å². The number of nitro benzene ring substituents is 1. The van der Waals surface area contributed by atoms with E-state index in [2.05, 4.69) is 9.97 Å². The number of nitrogens with zero attached hydrogens (tertiary/aromatic N) is 2. The van der Waals surface area contributed by atoms with Crippen molar-refractivity contribution in [1.29, 1.82) is 0 Å². The van der Waals surface area contributed by atoms with Gasteiger partial charge < -0.3 is 4.98 Å². The van der Waals surface area contributed by atoms with E-state index in [1.807, 2.05) is 0 Å². The van der Waals surface area contributed by atoms with E-state index in [0.29, 0.717) is 11.1 Å². The van der Waals surface area contributed by atoms with Crippen LogP contribution in [0.2, 0.25) is 0 Å². The van der Waals surface area contributed by atoms with Gasteiger partial charge in [0.2, 0.25) is 0 Å². The summed E-state index contributed by atoms with van der Waals surface area (Å²) >= 11 is 0. The van der Waals surface area contributed by atoms with Crippen molar-refractivity contribution in [2.24, 2.45) is 0 Å². The summed E-state index contributed by atoms with van der Waals surface area (Å²) in [5.74, 6) is -0.410. The molecule has 0 radical (unpaired) electrons. The molecule has 0 aliphatic carbocycles. The molecule has 2 aromatic carbocycles. The molecular weight excluding hydrogens is 289 g/mol. The maximum atomic E-state index is 13.6. The van der Waals surface area contributed by atoms with Gasteiger partial charge in [0.05, 0.1) is 16.0 Å². The number of hydrogen-bond acceptors (Lipinski definition) is 4. The smallest absolute Gasteiger partial charge is 0.271 e. The fourth-order valence-electron chi connectivity index (χ4n) is 2.17. The molecule has 3 rings (SSSR count). The van der Waals surface area contributed by atoms with Crippen LogP contribution in [0.25, 0.3) is 11.0 Å². The highest BCUT2D eigenvalue weighted by Crippen LogP contribution is 2.17. The lowest BCUT2D eigenvalue weighted by atomic mass is 10.1. The minimum Gasteiger partial charge on any atom is -0.319 e. The number of rotatable bonds is 3. The predicted molar refractivity (Wildman–Crippen MR) is 78.2 cm³/mol. The Labute approximate surface area is 123 Å². The zero-order chi connectivity index (χ0) is 15.7. The third-order valence-corrected chi connectivity index (χ3v) is 3.27. The standard InChI is InChI=1S/C15H10FN3O3/c16-11-4-2-1-3-9(11)7-14-15(20)18-13-8-10(19(21)22)5-6-12(13)17-14/h1-6,8H,7H2,(H,18,20). The highest BCUT2D eigenvalue weighted by atomic mass is 19.1. The average molecular weight is 299 g/mol. The maximum Gasteiger partial charge on any atom is 0.271 e. The quantitative estimate of drug-likeness (QED) is 0.594.